The molecule has 94 valence electrons. The molecule has 1 fully saturated rings. The summed E-state index contributed by atoms with van der Waals surface area (Å²) in [7, 11) is 0. The van der Waals surface area contributed by atoms with Crippen molar-refractivity contribution in [2.45, 2.75) is 51.6 Å². The molecular weight excluding hydrogens is 206 g/mol. The third-order valence-corrected chi connectivity index (χ3v) is 3.39. The van der Waals surface area contributed by atoms with Gasteiger partial charge in [0.2, 0.25) is 0 Å². The fraction of sp³-hybridized carbons (Fsp3) is 0.917. The van der Waals surface area contributed by atoms with Gasteiger partial charge in [0.25, 0.3) is 0 Å². The number of carboxylic acids is 1. The Labute approximate surface area is 97.3 Å². The molecule has 0 amide bonds. The van der Waals surface area contributed by atoms with Gasteiger partial charge in [0.05, 0.1) is 6.61 Å². The molecule has 1 rings (SSSR count). The molecule has 0 aromatic heterocycles. The lowest BCUT2D eigenvalue weighted by atomic mass is 10.00. The molecule has 1 atom stereocenters. The monoisotopic (exact) mass is 229 g/mol. The number of carboxylic acid groups (broad SMARTS) is 1. The molecule has 0 spiro atoms. The van der Waals surface area contributed by atoms with Gasteiger partial charge < -0.3 is 10.2 Å². The molecule has 0 aromatic rings. The van der Waals surface area contributed by atoms with E-state index in [1.807, 2.05) is 18.7 Å². The summed E-state index contributed by atoms with van der Waals surface area (Å²) in [5, 5.41) is 18.4. The van der Waals surface area contributed by atoms with Crippen molar-refractivity contribution >= 4 is 5.97 Å². The fourth-order valence-corrected chi connectivity index (χ4v) is 2.71. The first kappa shape index (κ1) is 13.5. The van der Waals surface area contributed by atoms with Crippen molar-refractivity contribution in [3.05, 3.63) is 0 Å². The van der Waals surface area contributed by atoms with Crippen LogP contribution < -0.4 is 0 Å². The van der Waals surface area contributed by atoms with Gasteiger partial charge in [0, 0.05) is 12.6 Å². The maximum absolute atomic E-state index is 11.3. The molecule has 2 N–H and O–H groups in total. The highest BCUT2D eigenvalue weighted by Gasteiger charge is 2.34. The van der Waals surface area contributed by atoms with E-state index in [1.165, 1.54) is 12.8 Å². The largest absolute Gasteiger partial charge is 0.480 e. The zero-order valence-electron chi connectivity index (χ0n) is 10.2. The lowest BCUT2D eigenvalue weighted by molar-refractivity contribution is -0.146. The number of hydrogen-bond donors (Lipinski definition) is 2. The van der Waals surface area contributed by atoms with Crippen molar-refractivity contribution in [2.24, 2.45) is 5.92 Å². The number of aliphatic hydroxyl groups is 1. The van der Waals surface area contributed by atoms with E-state index >= 15 is 0 Å². The summed E-state index contributed by atoms with van der Waals surface area (Å²) in [6.07, 6.45) is 4.49. The highest BCUT2D eigenvalue weighted by molar-refractivity contribution is 5.73. The first-order valence-electron chi connectivity index (χ1n) is 6.17. The predicted molar refractivity (Wildman–Crippen MR) is 62.3 cm³/mol. The van der Waals surface area contributed by atoms with E-state index < -0.39 is 12.0 Å². The van der Waals surface area contributed by atoms with Crippen molar-refractivity contribution < 1.29 is 15.0 Å². The summed E-state index contributed by atoms with van der Waals surface area (Å²) >= 11 is 0. The van der Waals surface area contributed by atoms with E-state index in [4.69, 9.17) is 5.11 Å². The summed E-state index contributed by atoms with van der Waals surface area (Å²) in [5.41, 5.74) is 0. The first-order valence-corrected chi connectivity index (χ1v) is 6.17. The molecule has 4 nitrogen and oxygen atoms in total. The Hall–Kier alpha value is -0.610. The van der Waals surface area contributed by atoms with Crippen LogP contribution in [0.5, 0.6) is 0 Å². The third kappa shape index (κ3) is 3.19. The van der Waals surface area contributed by atoms with E-state index in [0.29, 0.717) is 12.6 Å². The maximum Gasteiger partial charge on any atom is 0.321 e. The number of nitrogens with zero attached hydrogens (tertiary/aromatic N) is 1. The predicted octanol–water partition coefficient (Wildman–Crippen LogP) is 1.33. The lowest BCUT2D eigenvalue weighted by Crippen LogP contribution is -2.50. The van der Waals surface area contributed by atoms with Gasteiger partial charge in [-0.25, -0.2) is 0 Å². The van der Waals surface area contributed by atoms with Crippen molar-refractivity contribution in [1.82, 2.24) is 4.90 Å². The number of hydrogen-bond acceptors (Lipinski definition) is 3. The van der Waals surface area contributed by atoms with Crippen LogP contribution >= 0.6 is 0 Å². The van der Waals surface area contributed by atoms with E-state index in [9.17, 15) is 9.90 Å². The number of aliphatic carboxylic acids is 1. The van der Waals surface area contributed by atoms with Crippen LogP contribution in [0.3, 0.4) is 0 Å². The zero-order valence-corrected chi connectivity index (χ0v) is 10.2. The molecule has 1 unspecified atom stereocenters. The quantitative estimate of drug-likeness (QED) is 0.721. The SMILES string of the molecule is CC(C)C(C(=O)O)N(CCO)C1CCCC1. The summed E-state index contributed by atoms with van der Waals surface area (Å²) < 4.78 is 0. The lowest BCUT2D eigenvalue weighted by Gasteiger charge is -2.35. The molecule has 0 heterocycles. The van der Waals surface area contributed by atoms with Crippen LogP contribution in [-0.2, 0) is 4.79 Å². The van der Waals surface area contributed by atoms with E-state index in [-0.39, 0.29) is 12.5 Å². The van der Waals surface area contributed by atoms with Crippen molar-refractivity contribution in [3.63, 3.8) is 0 Å². The van der Waals surface area contributed by atoms with Crippen LogP contribution in [0.4, 0.5) is 0 Å². The highest BCUT2D eigenvalue weighted by atomic mass is 16.4. The Morgan fingerprint density at radius 1 is 1.38 bits per heavy atom. The summed E-state index contributed by atoms with van der Waals surface area (Å²) in [4.78, 5) is 13.3. The summed E-state index contributed by atoms with van der Waals surface area (Å²) in [6, 6.07) is -0.120. The topological polar surface area (TPSA) is 60.8 Å². The van der Waals surface area contributed by atoms with Crippen LogP contribution in [0.1, 0.15) is 39.5 Å². The second kappa shape index (κ2) is 6.21. The first-order chi connectivity index (χ1) is 7.57. The summed E-state index contributed by atoms with van der Waals surface area (Å²) in [5.74, 6) is -0.694. The smallest absolute Gasteiger partial charge is 0.321 e. The van der Waals surface area contributed by atoms with Gasteiger partial charge in [-0.05, 0) is 18.8 Å². The molecule has 0 aliphatic heterocycles. The molecule has 0 bridgehead atoms. The number of aliphatic hydroxyl groups excluding tert-OH is 1. The van der Waals surface area contributed by atoms with Gasteiger partial charge in [-0.3, -0.25) is 9.69 Å². The Bertz CT molecular complexity index is 224. The van der Waals surface area contributed by atoms with Gasteiger partial charge >= 0.3 is 5.97 Å². The Kier molecular flexibility index (Phi) is 5.22. The molecule has 4 heteroatoms. The van der Waals surface area contributed by atoms with Crippen LogP contribution in [-0.4, -0.2) is 46.3 Å². The Balaban J connectivity index is 2.75. The minimum Gasteiger partial charge on any atom is -0.480 e. The molecule has 1 aliphatic rings. The minimum absolute atomic E-state index is 0.0347. The maximum atomic E-state index is 11.3. The average Bonchev–Trinajstić information content (AvgIpc) is 2.68. The average molecular weight is 229 g/mol. The zero-order chi connectivity index (χ0) is 12.1. The molecule has 0 aromatic carbocycles. The van der Waals surface area contributed by atoms with Gasteiger partial charge in [-0.1, -0.05) is 26.7 Å². The van der Waals surface area contributed by atoms with Crippen molar-refractivity contribution in [2.75, 3.05) is 13.2 Å². The number of carbonyl (C=O) groups is 1. The van der Waals surface area contributed by atoms with E-state index in [1.54, 1.807) is 0 Å². The van der Waals surface area contributed by atoms with E-state index in [0.717, 1.165) is 12.8 Å². The van der Waals surface area contributed by atoms with Gasteiger partial charge in [0.1, 0.15) is 6.04 Å². The second-order valence-corrected chi connectivity index (χ2v) is 4.93. The van der Waals surface area contributed by atoms with Gasteiger partial charge in [-0.15, -0.1) is 0 Å². The normalized spacial score (nSPS) is 19.6. The Morgan fingerprint density at radius 2 is 1.94 bits per heavy atom. The van der Waals surface area contributed by atoms with Crippen LogP contribution in [0.15, 0.2) is 0 Å². The minimum atomic E-state index is -0.768. The summed E-state index contributed by atoms with van der Waals surface area (Å²) in [6.45, 7) is 4.36. The van der Waals surface area contributed by atoms with Gasteiger partial charge in [0.15, 0.2) is 0 Å². The van der Waals surface area contributed by atoms with E-state index in [2.05, 4.69) is 0 Å². The fourth-order valence-electron chi connectivity index (χ4n) is 2.71. The van der Waals surface area contributed by atoms with Crippen LogP contribution in [0, 0.1) is 5.92 Å². The molecule has 0 radical (unpaired) electrons. The molecule has 16 heavy (non-hydrogen) atoms. The second-order valence-electron chi connectivity index (χ2n) is 4.93. The van der Waals surface area contributed by atoms with Crippen LogP contribution in [0.25, 0.3) is 0 Å². The Morgan fingerprint density at radius 3 is 2.31 bits per heavy atom. The van der Waals surface area contributed by atoms with Crippen molar-refractivity contribution in [1.29, 1.82) is 0 Å². The standard InChI is InChI=1S/C12H23NO3/c1-9(2)11(12(15)16)13(7-8-14)10-5-3-4-6-10/h9-11,14H,3-8H2,1-2H3,(H,15,16). The highest BCUT2D eigenvalue weighted by Crippen LogP contribution is 2.27. The molecule has 1 saturated carbocycles. The third-order valence-electron chi connectivity index (χ3n) is 3.39. The molecule has 0 saturated heterocycles. The molecular formula is C12H23NO3. The van der Waals surface area contributed by atoms with Crippen molar-refractivity contribution in [3.8, 4) is 0 Å². The number of rotatable bonds is 6. The molecule has 1 aliphatic carbocycles. The van der Waals surface area contributed by atoms with Crippen LogP contribution in [0.2, 0.25) is 0 Å². The van der Waals surface area contributed by atoms with Gasteiger partial charge in [-0.2, -0.15) is 0 Å².